The molecule has 0 N–H and O–H groups in total. The maximum absolute atomic E-state index is 13.0. The maximum atomic E-state index is 13.0. The topological polar surface area (TPSA) is 36.4 Å². The van der Waals surface area contributed by atoms with E-state index < -0.39 is 0 Å². The van der Waals surface area contributed by atoms with E-state index in [9.17, 15) is 9.18 Å². The molecule has 0 spiro atoms. The molecular weight excluding hydrogens is 337 g/mol. The number of amides is 1. The standard InChI is InChI=1S/C16H18FN3OS.ClH/c1-12(21)20-8-6-19(7-9-20)10-16-18-15(11-22-16)13-2-4-14(17)5-3-13;/h2-5,11H,6-10H2,1H3;1H. The Hall–Kier alpha value is -1.50. The molecule has 1 amide bonds. The molecule has 1 saturated heterocycles. The van der Waals surface area contributed by atoms with E-state index in [2.05, 4.69) is 9.88 Å². The molecule has 1 fully saturated rings. The molecule has 7 heteroatoms. The minimum absolute atomic E-state index is 0. The summed E-state index contributed by atoms with van der Waals surface area (Å²) in [4.78, 5) is 20.1. The molecule has 1 aromatic heterocycles. The van der Waals surface area contributed by atoms with Crippen LogP contribution >= 0.6 is 23.7 Å². The van der Waals surface area contributed by atoms with Crippen molar-refractivity contribution < 1.29 is 9.18 Å². The lowest BCUT2D eigenvalue weighted by Gasteiger charge is -2.33. The number of benzene rings is 1. The first-order chi connectivity index (χ1) is 10.6. The van der Waals surface area contributed by atoms with Crippen LogP contribution in [0.15, 0.2) is 29.6 Å². The van der Waals surface area contributed by atoms with Crippen molar-refractivity contribution in [3.05, 3.63) is 40.5 Å². The van der Waals surface area contributed by atoms with Gasteiger partial charge in [0.15, 0.2) is 0 Å². The first-order valence-electron chi connectivity index (χ1n) is 7.30. The highest BCUT2D eigenvalue weighted by molar-refractivity contribution is 7.09. The summed E-state index contributed by atoms with van der Waals surface area (Å²) in [5, 5.41) is 3.06. The van der Waals surface area contributed by atoms with E-state index in [1.807, 2.05) is 10.3 Å². The molecule has 0 unspecified atom stereocenters. The van der Waals surface area contributed by atoms with Crippen LogP contribution < -0.4 is 0 Å². The van der Waals surface area contributed by atoms with Gasteiger partial charge in [0.1, 0.15) is 10.8 Å². The van der Waals surface area contributed by atoms with Crippen molar-refractivity contribution in [1.82, 2.24) is 14.8 Å². The Labute approximate surface area is 145 Å². The van der Waals surface area contributed by atoms with Crippen molar-refractivity contribution in [1.29, 1.82) is 0 Å². The van der Waals surface area contributed by atoms with E-state index in [1.54, 1.807) is 30.4 Å². The Morgan fingerprint density at radius 2 is 1.87 bits per heavy atom. The van der Waals surface area contributed by atoms with Crippen LogP contribution in [0.4, 0.5) is 4.39 Å². The average Bonchev–Trinajstić information content (AvgIpc) is 2.97. The molecular formula is C16H19ClFN3OS. The fourth-order valence-corrected chi connectivity index (χ4v) is 3.39. The average molecular weight is 356 g/mol. The Bertz CT molecular complexity index is 654. The molecule has 0 atom stereocenters. The van der Waals surface area contributed by atoms with Crippen LogP contribution in [-0.4, -0.2) is 46.9 Å². The molecule has 0 saturated carbocycles. The minimum Gasteiger partial charge on any atom is -0.340 e. The molecule has 0 bridgehead atoms. The fraction of sp³-hybridized carbons (Fsp3) is 0.375. The Morgan fingerprint density at radius 1 is 1.22 bits per heavy atom. The summed E-state index contributed by atoms with van der Waals surface area (Å²) < 4.78 is 13.0. The van der Waals surface area contributed by atoms with Crippen LogP contribution in [0.3, 0.4) is 0 Å². The third-order valence-corrected chi connectivity index (χ3v) is 4.70. The van der Waals surface area contributed by atoms with E-state index in [0.717, 1.165) is 49.0 Å². The van der Waals surface area contributed by atoms with Gasteiger partial charge in [-0.2, -0.15) is 0 Å². The Morgan fingerprint density at radius 3 is 2.48 bits per heavy atom. The summed E-state index contributed by atoms with van der Waals surface area (Å²) in [5.74, 6) is -0.0879. The highest BCUT2D eigenvalue weighted by Gasteiger charge is 2.19. The second-order valence-corrected chi connectivity index (χ2v) is 6.36. The number of rotatable bonds is 3. The van der Waals surface area contributed by atoms with Gasteiger partial charge in [-0.15, -0.1) is 23.7 Å². The van der Waals surface area contributed by atoms with Crippen LogP contribution in [-0.2, 0) is 11.3 Å². The normalized spacial score (nSPS) is 15.3. The van der Waals surface area contributed by atoms with Gasteiger partial charge in [-0.3, -0.25) is 9.69 Å². The number of hydrogen-bond donors (Lipinski definition) is 0. The number of carbonyl (C=O) groups is 1. The first-order valence-corrected chi connectivity index (χ1v) is 8.18. The molecule has 3 rings (SSSR count). The molecule has 4 nitrogen and oxygen atoms in total. The third-order valence-electron chi connectivity index (χ3n) is 3.87. The highest BCUT2D eigenvalue weighted by atomic mass is 35.5. The zero-order valence-corrected chi connectivity index (χ0v) is 14.5. The molecule has 1 aromatic carbocycles. The van der Waals surface area contributed by atoms with Gasteiger partial charge in [0, 0.05) is 44.0 Å². The first kappa shape index (κ1) is 17.8. The lowest BCUT2D eigenvalue weighted by molar-refractivity contribution is -0.130. The largest absolute Gasteiger partial charge is 0.340 e. The molecule has 23 heavy (non-hydrogen) atoms. The van der Waals surface area contributed by atoms with Crippen molar-refractivity contribution in [2.24, 2.45) is 0 Å². The van der Waals surface area contributed by atoms with E-state index in [-0.39, 0.29) is 24.1 Å². The second-order valence-electron chi connectivity index (χ2n) is 5.42. The Kier molecular flexibility index (Phi) is 6.10. The van der Waals surface area contributed by atoms with Gasteiger partial charge >= 0.3 is 0 Å². The minimum atomic E-state index is -0.234. The number of carbonyl (C=O) groups excluding carboxylic acids is 1. The molecule has 0 radical (unpaired) electrons. The van der Waals surface area contributed by atoms with Gasteiger partial charge in [-0.25, -0.2) is 9.37 Å². The monoisotopic (exact) mass is 355 g/mol. The summed E-state index contributed by atoms with van der Waals surface area (Å²) in [6, 6.07) is 6.41. The van der Waals surface area contributed by atoms with Crippen molar-refractivity contribution >= 4 is 29.7 Å². The zero-order valence-electron chi connectivity index (χ0n) is 12.9. The maximum Gasteiger partial charge on any atom is 0.219 e. The predicted octanol–water partition coefficient (Wildman–Crippen LogP) is 3.04. The third kappa shape index (κ3) is 4.50. The molecule has 2 heterocycles. The summed E-state index contributed by atoms with van der Waals surface area (Å²) in [7, 11) is 0. The zero-order chi connectivity index (χ0) is 15.5. The van der Waals surface area contributed by atoms with Gasteiger partial charge in [-0.1, -0.05) is 0 Å². The molecule has 0 aliphatic carbocycles. The van der Waals surface area contributed by atoms with Gasteiger partial charge < -0.3 is 4.90 Å². The van der Waals surface area contributed by atoms with Gasteiger partial charge in [0.2, 0.25) is 5.91 Å². The number of nitrogens with zero attached hydrogens (tertiary/aromatic N) is 3. The van der Waals surface area contributed by atoms with Crippen LogP contribution in [0.2, 0.25) is 0 Å². The van der Waals surface area contributed by atoms with Crippen LogP contribution in [0.5, 0.6) is 0 Å². The van der Waals surface area contributed by atoms with Crippen molar-refractivity contribution in [2.45, 2.75) is 13.5 Å². The molecule has 2 aromatic rings. The fourth-order valence-electron chi connectivity index (χ4n) is 2.55. The van der Waals surface area contributed by atoms with E-state index >= 15 is 0 Å². The predicted molar refractivity (Wildman–Crippen MR) is 92.3 cm³/mol. The van der Waals surface area contributed by atoms with Crippen molar-refractivity contribution in [3.8, 4) is 11.3 Å². The smallest absolute Gasteiger partial charge is 0.219 e. The lowest BCUT2D eigenvalue weighted by atomic mass is 10.2. The van der Waals surface area contributed by atoms with Gasteiger partial charge in [-0.05, 0) is 24.3 Å². The van der Waals surface area contributed by atoms with Crippen LogP contribution in [0.25, 0.3) is 11.3 Å². The quantitative estimate of drug-likeness (QED) is 0.849. The molecule has 1 aliphatic heterocycles. The molecule has 124 valence electrons. The molecule has 1 aliphatic rings. The number of thiazole rings is 1. The highest BCUT2D eigenvalue weighted by Crippen LogP contribution is 2.23. The number of hydrogen-bond acceptors (Lipinski definition) is 4. The summed E-state index contributed by atoms with van der Waals surface area (Å²) in [6.45, 7) is 5.75. The lowest BCUT2D eigenvalue weighted by Crippen LogP contribution is -2.47. The van der Waals surface area contributed by atoms with Crippen molar-refractivity contribution in [3.63, 3.8) is 0 Å². The van der Waals surface area contributed by atoms with Gasteiger partial charge in [0.05, 0.1) is 12.2 Å². The number of aromatic nitrogens is 1. The van der Waals surface area contributed by atoms with E-state index in [0.29, 0.717) is 0 Å². The summed E-state index contributed by atoms with van der Waals surface area (Å²) in [5.41, 5.74) is 1.83. The van der Waals surface area contributed by atoms with Gasteiger partial charge in [0.25, 0.3) is 0 Å². The van der Waals surface area contributed by atoms with Crippen LogP contribution in [0.1, 0.15) is 11.9 Å². The van der Waals surface area contributed by atoms with Crippen LogP contribution in [0, 0.1) is 5.82 Å². The SMILES string of the molecule is CC(=O)N1CCN(Cc2nc(-c3ccc(F)cc3)cs2)CC1.Cl. The number of piperazine rings is 1. The summed E-state index contributed by atoms with van der Waals surface area (Å²) >= 11 is 1.62. The second kappa shape index (κ2) is 7.86. The summed E-state index contributed by atoms with van der Waals surface area (Å²) in [6.07, 6.45) is 0. The van der Waals surface area contributed by atoms with Crippen molar-refractivity contribution in [2.75, 3.05) is 26.2 Å². The Balaban J connectivity index is 0.00000192. The van der Waals surface area contributed by atoms with E-state index in [1.165, 1.54) is 12.1 Å². The number of halogens is 2. The van der Waals surface area contributed by atoms with E-state index in [4.69, 9.17) is 0 Å².